The minimum absolute atomic E-state index is 0.107. The van der Waals surface area contributed by atoms with E-state index in [1.807, 2.05) is 6.07 Å². The first kappa shape index (κ1) is 18.2. The highest BCUT2D eigenvalue weighted by molar-refractivity contribution is 14.1. The fourth-order valence-corrected chi connectivity index (χ4v) is 2.55. The molecule has 8 heteroatoms. The zero-order valence-electron chi connectivity index (χ0n) is 12.4. The summed E-state index contributed by atoms with van der Waals surface area (Å²) < 4.78 is 38.9. The second-order valence-electron chi connectivity index (χ2n) is 4.95. The molecule has 4 nitrogen and oxygen atoms in total. The van der Waals surface area contributed by atoms with Gasteiger partial charge in [-0.1, -0.05) is 6.07 Å². The molecule has 0 aromatic heterocycles. The third-order valence-corrected chi connectivity index (χ3v) is 3.76. The number of amides is 2. The molecule has 0 spiro atoms. The standard InChI is InChI=1S/C16H12F3IN2O2/c1-9-7-11(20)5-6-13(9)22-15(24)14(23)21-12-4-2-3-10(8-12)16(17,18)19/h2-8H,1H3,(H,21,23)(H,22,24). The maximum absolute atomic E-state index is 12.6. The summed E-state index contributed by atoms with van der Waals surface area (Å²) in [5, 5.41) is 4.58. The average Bonchev–Trinajstić information content (AvgIpc) is 2.49. The molecule has 24 heavy (non-hydrogen) atoms. The Morgan fingerprint density at radius 2 is 1.67 bits per heavy atom. The van der Waals surface area contributed by atoms with Crippen LogP contribution in [0.4, 0.5) is 24.5 Å². The van der Waals surface area contributed by atoms with Gasteiger partial charge in [-0.05, 0) is 71.5 Å². The van der Waals surface area contributed by atoms with Gasteiger partial charge >= 0.3 is 18.0 Å². The minimum atomic E-state index is -4.53. The van der Waals surface area contributed by atoms with Crippen LogP contribution in [0.1, 0.15) is 11.1 Å². The Balaban J connectivity index is 2.08. The molecular weight excluding hydrogens is 436 g/mol. The summed E-state index contributed by atoms with van der Waals surface area (Å²) in [5.74, 6) is -2.01. The van der Waals surface area contributed by atoms with E-state index in [-0.39, 0.29) is 5.69 Å². The molecule has 0 saturated carbocycles. The Morgan fingerprint density at radius 1 is 1.00 bits per heavy atom. The summed E-state index contributed by atoms with van der Waals surface area (Å²) in [6, 6.07) is 9.30. The molecule has 0 unspecified atom stereocenters. The van der Waals surface area contributed by atoms with E-state index in [1.54, 1.807) is 19.1 Å². The van der Waals surface area contributed by atoms with E-state index >= 15 is 0 Å². The third kappa shape index (κ3) is 4.70. The molecule has 2 N–H and O–H groups in total. The Bertz CT molecular complexity index is 791. The zero-order chi connectivity index (χ0) is 17.9. The lowest BCUT2D eigenvalue weighted by atomic mass is 10.2. The van der Waals surface area contributed by atoms with Crippen LogP contribution < -0.4 is 10.6 Å². The molecule has 0 aliphatic carbocycles. The number of hydrogen-bond donors (Lipinski definition) is 2. The molecule has 0 atom stereocenters. The van der Waals surface area contributed by atoms with Crippen molar-refractivity contribution in [1.82, 2.24) is 0 Å². The fraction of sp³-hybridized carbons (Fsp3) is 0.125. The molecule has 2 amide bonds. The van der Waals surface area contributed by atoms with E-state index in [2.05, 4.69) is 33.2 Å². The van der Waals surface area contributed by atoms with E-state index < -0.39 is 23.6 Å². The van der Waals surface area contributed by atoms with E-state index in [1.165, 1.54) is 6.07 Å². The molecule has 2 rings (SSSR count). The molecule has 2 aromatic carbocycles. The Hall–Kier alpha value is -2.10. The monoisotopic (exact) mass is 448 g/mol. The predicted octanol–water partition coefficient (Wildman–Crippen LogP) is 4.20. The lowest BCUT2D eigenvalue weighted by molar-refractivity contribution is -0.137. The smallest absolute Gasteiger partial charge is 0.318 e. The average molecular weight is 448 g/mol. The number of carbonyl (C=O) groups is 2. The molecule has 0 bridgehead atoms. The van der Waals surface area contributed by atoms with Gasteiger partial charge < -0.3 is 10.6 Å². The number of alkyl halides is 3. The van der Waals surface area contributed by atoms with Crippen LogP contribution >= 0.6 is 22.6 Å². The molecule has 0 heterocycles. The Labute approximate surface area is 149 Å². The second-order valence-corrected chi connectivity index (χ2v) is 6.19. The highest BCUT2D eigenvalue weighted by atomic mass is 127. The minimum Gasteiger partial charge on any atom is -0.318 e. The fourth-order valence-electron chi connectivity index (χ4n) is 1.91. The number of rotatable bonds is 2. The lowest BCUT2D eigenvalue weighted by Gasteiger charge is -2.11. The van der Waals surface area contributed by atoms with Crippen molar-refractivity contribution in [3.05, 3.63) is 57.2 Å². The van der Waals surface area contributed by atoms with Crippen LogP contribution in [0.25, 0.3) is 0 Å². The van der Waals surface area contributed by atoms with Crippen LogP contribution in [-0.4, -0.2) is 11.8 Å². The number of anilines is 2. The molecule has 0 radical (unpaired) electrons. The lowest BCUT2D eigenvalue weighted by Crippen LogP contribution is -2.29. The Morgan fingerprint density at radius 3 is 2.29 bits per heavy atom. The number of nitrogens with one attached hydrogen (secondary N) is 2. The van der Waals surface area contributed by atoms with Gasteiger partial charge in [0.1, 0.15) is 0 Å². The first-order valence-corrected chi connectivity index (χ1v) is 7.80. The van der Waals surface area contributed by atoms with E-state index in [0.717, 1.165) is 27.3 Å². The second kappa shape index (κ2) is 7.20. The number of aryl methyl sites for hydroxylation is 1. The van der Waals surface area contributed by atoms with Crippen LogP contribution in [0.3, 0.4) is 0 Å². The van der Waals surface area contributed by atoms with Gasteiger partial charge in [0.2, 0.25) is 0 Å². The number of benzene rings is 2. The number of hydrogen-bond acceptors (Lipinski definition) is 2. The first-order chi connectivity index (χ1) is 11.2. The largest absolute Gasteiger partial charge is 0.416 e. The predicted molar refractivity (Wildman–Crippen MR) is 92.6 cm³/mol. The van der Waals surface area contributed by atoms with Crippen molar-refractivity contribution >= 4 is 45.8 Å². The van der Waals surface area contributed by atoms with Gasteiger partial charge in [-0.3, -0.25) is 9.59 Å². The number of halogens is 4. The summed E-state index contributed by atoms with van der Waals surface area (Å²) in [7, 11) is 0. The van der Waals surface area contributed by atoms with Gasteiger partial charge in [0, 0.05) is 14.9 Å². The summed E-state index contributed by atoms with van der Waals surface area (Å²) in [4.78, 5) is 23.7. The quantitative estimate of drug-likeness (QED) is 0.535. The SMILES string of the molecule is Cc1cc(I)ccc1NC(=O)C(=O)Nc1cccc(C(F)(F)F)c1. The van der Waals surface area contributed by atoms with Crippen molar-refractivity contribution in [2.24, 2.45) is 0 Å². The van der Waals surface area contributed by atoms with Crippen molar-refractivity contribution in [3.63, 3.8) is 0 Å². The van der Waals surface area contributed by atoms with E-state index in [9.17, 15) is 22.8 Å². The maximum atomic E-state index is 12.6. The van der Waals surface area contributed by atoms with Gasteiger partial charge in [0.05, 0.1) is 5.56 Å². The molecule has 0 aliphatic heterocycles. The van der Waals surface area contributed by atoms with Crippen molar-refractivity contribution in [2.75, 3.05) is 10.6 Å². The highest BCUT2D eigenvalue weighted by Crippen LogP contribution is 2.30. The topological polar surface area (TPSA) is 58.2 Å². The highest BCUT2D eigenvalue weighted by Gasteiger charge is 2.30. The molecule has 126 valence electrons. The first-order valence-electron chi connectivity index (χ1n) is 6.72. The van der Waals surface area contributed by atoms with E-state index in [4.69, 9.17) is 0 Å². The summed E-state index contributed by atoms with van der Waals surface area (Å²) in [6.45, 7) is 1.77. The van der Waals surface area contributed by atoms with Crippen molar-refractivity contribution < 1.29 is 22.8 Å². The molecule has 0 aliphatic rings. The zero-order valence-corrected chi connectivity index (χ0v) is 14.5. The summed E-state index contributed by atoms with van der Waals surface area (Å²) >= 11 is 2.11. The summed E-state index contributed by atoms with van der Waals surface area (Å²) in [6.07, 6.45) is -4.53. The van der Waals surface area contributed by atoms with Crippen LogP contribution in [0.15, 0.2) is 42.5 Å². The molecule has 2 aromatic rings. The number of carbonyl (C=O) groups excluding carboxylic acids is 2. The maximum Gasteiger partial charge on any atom is 0.416 e. The van der Waals surface area contributed by atoms with Gasteiger partial charge in [-0.15, -0.1) is 0 Å². The van der Waals surface area contributed by atoms with Crippen molar-refractivity contribution in [2.45, 2.75) is 13.1 Å². The van der Waals surface area contributed by atoms with Crippen molar-refractivity contribution in [1.29, 1.82) is 0 Å². The summed E-state index contributed by atoms with van der Waals surface area (Å²) in [5.41, 5.74) is 0.209. The van der Waals surface area contributed by atoms with Crippen LogP contribution in [0.2, 0.25) is 0 Å². The van der Waals surface area contributed by atoms with Gasteiger partial charge in [-0.25, -0.2) is 0 Å². The van der Waals surface area contributed by atoms with E-state index in [0.29, 0.717) is 5.69 Å². The molecular formula is C16H12F3IN2O2. The van der Waals surface area contributed by atoms with Gasteiger partial charge in [0.25, 0.3) is 0 Å². The van der Waals surface area contributed by atoms with Gasteiger partial charge in [0.15, 0.2) is 0 Å². The van der Waals surface area contributed by atoms with Crippen molar-refractivity contribution in [3.8, 4) is 0 Å². The van der Waals surface area contributed by atoms with Gasteiger partial charge in [-0.2, -0.15) is 13.2 Å². The van der Waals surface area contributed by atoms with Crippen LogP contribution in [0, 0.1) is 10.5 Å². The van der Waals surface area contributed by atoms with Crippen LogP contribution in [0.5, 0.6) is 0 Å². The normalized spacial score (nSPS) is 11.0. The Kier molecular flexibility index (Phi) is 5.47. The van der Waals surface area contributed by atoms with Crippen LogP contribution in [-0.2, 0) is 15.8 Å². The molecule has 0 saturated heterocycles. The third-order valence-electron chi connectivity index (χ3n) is 3.09. The molecule has 0 fully saturated rings.